The van der Waals surface area contributed by atoms with Gasteiger partial charge in [-0.2, -0.15) is 0 Å². The number of sulfonamides is 1. The van der Waals surface area contributed by atoms with Gasteiger partial charge in [0, 0.05) is 12.1 Å². The lowest BCUT2D eigenvalue weighted by molar-refractivity contribution is -0.125. The maximum Gasteiger partial charge on any atom is 0.270 e. The molecule has 0 N–H and O–H groups in total. The van der Waals surface area contributed by atoms with Crippen LogP contribution in [-0.2, 0) is 14.8 Å². The summed E-state index contributed by atoms with van der Waals surface area (Å²) in [6.07, 6.45) is 2.61. The molecule has 0 atom stereocenters. The first-order chi connectivity index (χ1) is 8.43. The molecule has 1 heterocycles. The van der Waals surface area contributed by atoms with Gasteiger partial charge >= 0.3 is 0 Å². The number of aryl methyl sites for hydroxylation is 1. The molecule has 5 heteroatoms. The van der Waals surface area contributed by atoms with E-state index in [1.54, 1.807) is 25.1 Å². The highest BCUT2D eigenvalue weighted by Gasteiger charge is 2.31. The maximum absolute atomic E-state index is 12.4. The lowest BCUT2D eigenvalue weighted by atomic mass is 10.2. The predicted octanol–water partition coefficient (Wildman–Crippen LogP) is 2.21. The Kier molecular flexibility index (Phi) is 3.26. The van der Waals surface area contributed by atoms with E-state index in [1.807, 2.05) is 6.92 Å². The molecule has 1 aromatic carbocycles. The number of hydrogen-bond acceptors (Lipinski definition) is 3. The van der Waals surface area contributed by atoms with Gasteiger partial charge in [0.2, 0.25) is 5.91 Å². The predicted molar refractivity (Wildman–Crippen MR) is 68.2 cm³/mol. The summed E-state index contributed by atoms with van der Waals surface area (Å²) in [5.41, 5.74) is 1.46. The van der Waals surface area contributed by atoms with E-state index in [2.05, 4.69) is 0 Å². The fourth-order valence-corrected chi connectivity index (χ4v) is 3.43. The van der Waals surface area contributed by atoms with E-state index in [1.165, 1.54) is 12.1 Å². The molecule has 0 saturated carbocycles. The van der Waals surface area contributed by atoms with Crippen molar-refractivity contribution in [2.75, 3.05) is 0 Å². The first-order valence-electron chi connectivity index (χ1n) is 5.74. The van der Waals surface area contributed by atoms with Crippen LogP contribution in [0.15, 0.2) is 40.9 Å². The van der Waals surface area contributed by atoms with Crippen LogP contribution in [0.4, 0.5) is 0 Å². The summed E-state index contributed by atoms with van der Waals surface area (Å²) in [7, 11) is -3.76. The first-order valence-corrected chi connectivity index (χ1v) is 7.18. The molecule has 1 amide bonds. The number of carbonyl (C=O) groups is 1. The second kappa shape index (κ2) is 4.57. The minimum Gasteiger partial charge on any atom is -0.273 e. The summed E-state index contributed by atoms with van der Waals surface area (Å²) >= 11 is 0. The fraction of sp³-hybridized carbons (Fsp3) is 0.308. The Morgan fingerprint density at radius 1 is 1.11 bits per heavy atom. The van der Waals surface area contributed by atoms with Crippen molar-refractivity contribution < 1.29 is 13.2 Å². The lowest BCUT2D eigenvalue weighted by Gasteiger charge is -2.26. The minimum atomic E-state index is -3.76. The van der Waals surface area contributed by atoms with Crippen LogP contribution in [0.2, 0.25) is 0 Å². The summed E-state index contributed by atoms with van der Waals surface area (Å²) in [4.78, 5) is 11.9. The zero-order valence-electron chi connectivity index (χ0n) is 10.4. The van der Waals surface area contributed by atoms with Crippen molar-refractivity contribution in [1.82, 2.24) is 4.31 Å². The van der Waals surface area contributed by atoms with Crippen molar-refractivity contribution in [2.24, 2.45) is 0 Å². The third kappa shape index (κ3) is 2.18. The number of amides is 1. The van der Waals surface area contributed by atoms with Gasteiger partial charge in [-0.3, -0.25) is 4.79 Å². The van der Waals surface area contributed by atoms with Crippen LogP contribution in [-0.4, -0.2) is 18.6 Å². The van der Waals surface area contributed by atoms with Gasteiger partial charge in [-0.05, 0) is 32.4 Å². The van der Waals surface area contributed by atoms with E-state index in [0.29, 0.717) is 12.1 Å². The number of rotatable bonds is 2. The summed E-state index contributed by atoms with van der Waals surface area (Å²) in [6.45, 7) is 3.52. The van der Waals surface area contributed by atoms with E-state index >= 15 is 0 Å². The van der Waals surface area contributed by atoms with Crippen LogP contribution in [0.5, 0.6) is 0 Å². The average molecular weight is 265 g/mol. The van der Waals surface area contributed by atoms with Crippen molar-refractivity contribution in [2.45, 2.75) is 31.6 Å². The van der Waals surface area contributed by atoms with Crippen LogP contribution in [0, 0.1) is 6.92 Å². The second-order valence-electron chi connectivity index (χ2n) is 4.36. The highest BCUT2D eigenvalue weighted by Crippen LogP contribution is 2.25. The van der Waals surface area contributed by atoms with E-state index in [0.717, 1.165) is 9.87 Å². The summed E-state index contributed by atoms with van der Waals surface area (Å²) < 4.78 is 25.7. The van der Waals surface area contributed by atoms with Crippen LogP contribution in [0.3, 0.4) is 0 Å². The number of allylic oxidation sites excluding steroid dienone is 2. The molecule has 4 nitrogen and oxygen atoms in total. The molecule has 0 aromatic heterocycles. The van der Waals surface area contributed by atoms with Crippen molar-refractivity contribution in [3.8, 4) is 0 Å². The summed E-state index contributed by atoms with van der Waals surface area (Å²) in [6, 6.07) is 6.50. The normalized spacial score (nSPS) is 16.7. The molecular formula is C13H15NO3S. The Morgan fingerprint density at radius 3 is 2.28 bits per heavy atom. The molecule has 0 radical (unpaired) electrons. The highest BCUT2D eigenvalue weighted by molar-refractivity contribution is 7.89. The summed E-state index contributed by atoms with van der Waals surface area (Å²) in [5.74, 6) is -0.365. The zero-order valence-corrected chi connectivity index (χ0v) is 11.2. The average Bonchev–Trinajstić information content (AvgIpc) is 2.29. The molecule has 0 spiro atoms. The molecule has 0 fully saturated rings. The van der Waals surface area contributed by atoms with E-state index in [4.69, 9.17) is 0 Å². The Labute approximate surface area is 107 Å². The molecule has 2 rings (SSSR count). The topological polar surface area (TPSA) is 54.5 Å². The van der Waals surface area contributed by atoms with Crippen molar-refractivity contribution in [3.63, 3.8) is 0 Å². The van der Waals surface area contributed by atoms with E-state index in [-0.39, 0.29) is 17.2 Å². The van der Waals surface area contributed by atoms with Gasteiger partial charge < -0.3 is 0 Å². The molecular weight excluding hydrogens is 250 g/mol. The van der Waals surface area contributed by atoms with Gasteiger partial charge in [0.1, 0.15) is 0 Å². The van der Waals surface area contributed by atoms with Crippen LogP contribution < -0.4 is 0 Å². The Morgan fingerprint density at radius 2 is 1.72 bits per heavy atom. The van der Waals surface area contributed by atoms with Gasteiger partial charge in [-0.1, -0.05) is 23.8 Å². The van der Waals surface area contributed by atoms with Gasteiger partial charge in [-0.15, -0.1) is 0 Å². The number of nitrogens with zero attached hydrogens (tertiary/aromatic N) is 1. The van der Waals surface area contributed by atoms with E-state index in [9.17, 15) is 13.2 Å². The lowest BCUT2D eigenvalue weighted by Crippen LogP contribution is -2.37. The van der Waals surface area contributed by atoms with Gasteiger partial charge in [0.25, 0.3) is 10.0 Å². The number of benzene rings is 1. The van der Waals surface area contributed by atoms with Crippen LogP contribution in [0.1, 0.15) is 25.3 Å². The molecule has 18 heavy (non-hydrogen) atoms. The van der Waals surface area contributed by atoms with Crippen molar-refractivity contribution in [3.05, 3.63) is 41.6 Å². The zero-order chi connectivity index (χ0) is 13.3. The Balaban J connectivity index is 2.48. The molecule has 0 unspecified atom stereocenters. The molecule has 0 bridgehead atoms. The van der Waals surface area contributed by atoms with E-state index < -0.39 is 10.0 Å². The van der Waals surface area contributed by atoms with Gasteiger partial charge in [-0.25, -0.2) is 12.7 Å². The molecule has 1 aliphatic heterocycles. The quantitative estimate of drug-likeness (QED) is 0.823. The molecule has 0 aliphatic carbocycles. The minimum absolute atomic E-state index is 0.149. The number of carbonyl (C=O) groups excluding carboxylic acids is 1. The summed E-state index contributed by atoms with van der Waals surface area (Å²) in [5, 5.41) is 0. The van der Waals surface area contributed by atoms with Crippen molar-refractivity contribution >= 4 is 15.9 Å². The fourth-order valence-electron chi connectivity index (χ4n) is 1.92. The third-order valence-electron chi connectivity index (χ3n) is 2.90. The Bertz CT molecular complexity index is 600. The standard InChI is InChI=1S/C13H15NO3S/c1-10-6-8-12(9-7-10)18(16,17)14-11(2)4-3-5-13(14)15/h4,6-9H,3,5H2,1-2H3. The number of hydrogen-bond donors (Lipinski definition) is 0. The third-order valence-corrected chi connectivity index (χ3v) is 4.74. The smallest absolute Gasteiger partial charge is 0.270 e. The molecule has 96 valence electrons. The second-order valence-corrected chi connectivity index (χ2v) is 6.15. The van der Waals surface area contributed by atoms with Crippen LogP contribution in [0.25, 0.3) is 0 Å². The largest absolute Gasteiger partial charge is 0.273 e. The molecule has 1 aromatic rings. The Hall–Kier alpha value is -1.62. The molecule has 0 saturated heterocycles. The highest BCUT2D eigenvalue weighted by atomic mass is 32.2. The monoisotopic (exact) mass is 265 g/mol. The maximum atomic E-state index is 12.4. The van der Waals surface area contributed by atoms with Gasteiger partial charge in [0.15, 0.2) is 0 Å². The van der Waals surface area contributed by atoms with Gasteiger partial charge in [0.05, 0.1) is 4.90 Å². The van der Waals surface area contributed by atoms with Crippen molar-refractivity contribution in [1.29, 1.82) is 0 Å². The first kappa shape index (κ1) is 12.8. The van der Waals surface area contributed by atoms with Crippen LogP contribution >= 0.6 is 0 Å². The molecule has 1 aliphatic rings. The SMILES string of the molecule is CC1=CCCC(=O)N1S(=O)(=O)c1ccc(C)cc1.